The molecule has 2 aromatic heterocycles. The van der Waals surface area contributed by atoms with Gasteiger partial charge in [0.05, 0.1) is 11.1 Å². The molecule has 0 bridgehead atoms. The van der Waals surface area contributed by atoms with Gasteiger partial charge >= 0.3 is 0 Å². The Morgan fingerprint density at radius 3 is 1.94 bits per heavy atom. The molecule has 0 radical (unpaired) electrons. The van der Waals surface area contributed by atoms with Gasteiger partial charge in [0.2, 0.25) is 10.0 Å². The van der Waals surface area contributed by atoms with Crippen molar-refractivity contribution < 1.29 is 13.2 Å². The standard InChI is InChI=1S/C26H27N5O3S/c1-17-5-6-18(2)30(17)23-9-7-21(8-10-23)26(32)29-28-16-22-15-19(3)31(20(22)4)24-11-13-25(14-12-24)35(27,33)34/h5-16H,1-4H3,(H,29,32)(H2,27,33,34)/b28-16-. The molecule has 8 nitrogen and oxygen atoms in total. The summed E-state index contributed by atoms with van der Waals surface area (Å²) in [5, 5.41) is 9.32. The molecule has 2 heterocycles. The smallest absolute Gasteiger partial charge is 0.271 e. The van der Waals surface area contributed by atoms with Gasteiger partial charge in [-0.1, -0.05) is 0 Å². The molecule has 180 valence electrons. The van der Waals surface area contributed by atoms with Gasteiger partial charge in [0.25, 0.3) is 5.91 Å². The third-order valence-electron chi connectivity index (χ3n) is 5.92. The monoisotopic (exact) mass is 489 g/mol. The Bertz CT molecular complexity index is 1510. The second-order valence-corrected chi connectivity index (χ2v) is 9.96. The number of nitrogens with zero attached hydrogens (tertiary/aromatic N) is 3. The first-order valence-electron chi connectivity index (χ1n) is 11.0. The zero-order chi connectivity index (χ0) is 25.3. The normalized spacial score (nSPS) is 11.8. The minimum absolute atomic E-state index is 0.0554. The van der Waals surface area contributed by atoms with Gasteiger partial charge in [-0.2, -0.15) is 5.10 Å². The van der Waals surface area contributed by atoms with Gasteiger partial charge in [0.1, 0.15) is 0 Å². The van der Waals surface area contributed by atoms with Crippen LogP contribution in [0.3, 0.4) is 0 Å². The quantitative estimate of drug-likeness (QED) is 0.316. The molecule has 0 aliphatic carbocycles. The minimum atomic E-state index is -3.75. The van der Waals surface area contributed by atoms with Crippen molar-refractivity contribution in [3.05, 3.63) is 101 Å². The summed E-state index contributed by atoms with van der Waals surface area (Å²) in [6, 6.07) is 19.8. The second kappa shape index (κ2) is 9.36. The summed E-state index contributed by atoms with van der Waals surface area (Å²) >= 11 is 0. The molecule has 0 aliphatic rings. The lowest BCUT2D eigenvalue weighted by atomic mass is 10.2. The third-order valence-corrected chi connectivity index (χ3v) is 6.85. The van der Waals surface area contributed by atoms with Crippen molar-refractivity contribution in [2.24, 2.45) is 10.2 Å². The highest BCUT2D eigenvalue weighted by atomic mass is 32.2. The maximum Gasteiger partial charge on any atom is 0.271 e. The Morgan fingerprint density at radius 2 is 1.37 bits per heavy atom. The van der Waals surface area contributed by atoms with E-state index in [0.717, 1.165) is 39.7 Å². The topological polar surface area (TPSA) is 111 Å². The highest BCUT2D eigenvalue weighted by molar-refractivity contribution is 7.89. The van der Waals surface area contributed by atoms with Crippen molar-refractivity contribution in [3.8, 4) is 11.4 Å². The fourth-order valence-corrected chi connectivity index (χ4v) is 4.68. The van der Waals surface area contributed by atoms with Gasteiger partial charge in [-0.05, 0) is 94.4 Å². The maximum atomic E-state index is 12.6. The molecule has 2 aromatic carbocycles. The number of hydrogen-bond acceptors (Lipinski definition) is 4. The molecule has 4 rings (SSSR count). The molecule has 0 saturated carbocycles. The Morgan fingerprint density at radius 1 is 0.829 bits per heavy atom. The number of aromatic nitrogens is 2. The summed E-state index contributed by atoms with van der Waals surface area (Å²) in [7, 11) is -3.75. The van der Waals surface area contributed by atoms with Gasteiger partial charge in [0, 0.05) is 45.3 Å². The number of carbonyl (C=O) groups excluding carboxylic acids is 1. The number of rotatable bonds is 6. The lowest BCUT2D eigenvalue weighted by Gasteiger charge is -2.10. The number of primary sulfonamides is 1. The van der Waals surface area contributed by atoms with Gasteiger partial charge in [-0.3, -0.25) is 4.79 Å². The van der Waals surface area contributed by atoms with Crippen molar-refractivity contribution in [1.82, 2.24) is 14.6 Å². The molecule has 4 aromatic rings. The van der Waals surface area contributed by atoms with Crippen molar-refractivity contribution in [2.75, 3.05) is 0 Å². The van der Waals surface area contributed by atoms with Crippen molar-refractivity contribution >= 4 is 22.1 Å². The molecule has 3 N–H and O–H groups in total. The maximum absolute atomic E-state index is 12.6. The lowest BCUT2D eigenvalue weighted by Crippen LogP contribution is -2.17. The number of nitrogens with two attached hydrogens (primary N) is 1. The summed E-state index contributed by atoms with van der Waals surface area (Å²) in [5.41, 5.74) is 9.79. The predicted octanol–water partition coefficient (Wildman–Crippen LogP) is 3.91. The van der Waals surface area contributed by atoms with E-state index in [1.54, 1.807) is 30.5 Å². The Hall–Kier alpha value is -3.95. The minimum Gasteiger partial charge on any atom is -0.319 e. The molecule has 0 fully saturated rings. The van der Waals surface area contributed by atoms with E-state index < -0.39 is 10.0 Å². The van der Waals surface area contributed by atoms with Gasteiger partial charge in [-0.25, -0.2) is 19.0 Å². The van der Waals surface area contributed by atoms with Crippen LogP contribution in [0, 0.1) is 27.7 Å². The van der Waals surface area contributed by atoms with Crippen molar-refractivity contribution in [3.63, 3.8) is 0 Å². The summed E-state index contributed by atoms with van der Waals surface area (Å²) < 4.78 is 27.1. The van der Waals surface area contributed by atoms with Crippen LogP contribution in [0.5, 0.6) is 0 Å². The molecule has 0 spiro atoms. The van der Waals surface area contributed by atoms with E-state index in [-0.39, 0.29) is 10.8 Å². The molecule has 1 amide bonds. The lowest BCUT2D eigenvalue weighted by molar-refractivity contribution is 0.0955. The first-order chi connectivity index (χ1) is 16.6. The van der Waals surface area contributed by atoms with Crippen LogP contribution in [-0.2, 0) is 10.0 Å². The van der Waals surface area contributed by atoms with Crippen LogP contribution in [0.4, 0.5) is 0 Å². The SMILES string of the molecule is Cc1ccc(C)n1-c1ccc(C(=O)N/N=C\c2cc(C)n(-c3ccc(S(N)(=O)=O)cc3)c2C)cc1. The zero-order valence-corrected chi connectivity index (χ0v) is 20.8. The average Bonchev–Trinajstić information content (AvgIpc) is 3.30. The van der Waals surface area contributed by atoms with E-state index in [4.69, 9.17) is 5.14 Å². The molecule has 35 heavy (non-hydrogen) atoms. The van der Waals surface area contributed by atoms with E-state index in [1.165, 1.54) is 12.1 Å². The van der Waals surface area contributed by atoms with Gasteiger partial charge < -0.3 is 9.13 Å². The predicted molar refractivity (Wildman–Crippen MR) is 137 cm³/mol. The Labute approximate surface area is 204 Å². The molecular formula is C26H27N5O3S. The number of benzene rings is 2. The molecule has 0 atom stereocenters. The van der Waals surface area contributed by atoms with E-state index in [1.807, 2.05) is 50.5 Å². The summed E-state index contributed by atoms with van der Waals surface area (Å²) in [6.07, 6.45) is 1.59. The van der Waals surface area contributed by atoms with E-state index in [9.17, 15) is 13.2 Å². The van der Waals surface area contributed by atoms with Crippen LogP contribution in [0.25, 0.3) is 11.4 Å². The number of carbonyl (C=O) groups is 1. The van der Waals surface area contributed by atoms with Crippen LogP contribution < -0.4 is 10.6 Å². The van der Waals surface area contributed by atoms with Crippen molar-refractivity contribution in [2.45, 2.75) is 32.6 Å². The molecular weight excluding hydrogens is 462 g/mol. The highest BCUT2D eigenvalue weighted by Gasteiger charge is 2.12. The summed E-state index contributed by atoms with van der Waals surface area (Å²) in [5.74, 6) is -0.304. The van der Waals surface area contributed by atoms with Crippen molar-refractivity contribution in [1.29, 1.82) is 0 Å². The number of sulfonamides is 1. The van der Waals surface area contributed by atoms with Crippen LogP contribution in [0.15, 0.2) is 76.7 Å². The Balaban J connectivity index is 1.48. The number of amides is 1. The fourth-order valence-electron chi connectivity index (χ4n) is 4.16. The third kappa shape index (κ3) is 4.96. The van der Waals surface area contributed by atoms with E-state index in [0.29, 0.717) is 5.56 Å². The van der Waals surface area contributed by atoms with Crippen LogP contribution in [0.1, 0.15) is 38.7 Å². The summed E-state index contributed by atoms with van der Waals surface area (Å²) in [6.45, 7) is 7.94. The highest BCUT2D eigenvalue weighted by Crippen LogP contribution is 2.21. The van der Waals surface area contributed by atoms with Crippen LogP contribution in [-0.4, -0.2) is 29.7 Å². The molecule has 9 heteroatoms. The molecule has 0 unspecified atom stereocenters. The van der Waals surface area contributed by atoms with Crippen LogP contribution in [0.2, 0.25) is 0 Å². The fraction of sp³-hybridized carbons (Fsp3) is 0.154. The van der Waals surface area contributed by atoms with Crippen LogP contribution >= 0.6 is 0 Å². The first kappa shape index (κ1) is 24.2. The van der Waals surface area contributed by atoms with Gasteiger partial charge in [-0.15, -0.1) is 0 Å². The molecule has 0 aliphatic heterocycles. The number of hydrazone groups is 1. The molecule has 0 saturated heterocycles. The second-order valence-electron chi connectivity index (χ2n) is 8.40. The Kier molecular flexibility index (Phi) is 6.47. The first-order valence-corrected chi connectivity index (χ1v) is 12.5. The zero-order valence-electron chi connectivity index (χ0n) is 20.0. The summed E-state index contributed by atoms with van der Waals surface area (Å²) in [4.78, 5) is 12.6. The number of nitrogens with one attached hydrogen (secondary N) is 1. The van der Waals surface area contributed by atoms with E-state index in [2.05, 4.69) is 27.2 Å². The average molecular weight is 490 g/mol. The van der Waals surface area contributed by atoms with Gasteiger partial charge in [0.15, 0.2) is 0 Å². The number of aryl methyl sites for hydroxylation is 3. The van der Waals surface area contributed by atoms with E-state index >= 15 is 0 Å². The number of hydrogen-bond donors (Lipinski definition) is 2. The largest absolute Gasteiger partial charge is 0.319 e.